The van der Waals surface area contributed by atoms with Crippen LogP contribution in [-0.2, 0) is 14.3 Å². The fraction of sp³-hybridized carbons (Fsp3) is 0.364. The van der Waals surface area contributed by atoms with Crippen molar-refractivity contribution in [2.24, 2.45) is 5.92 Å². The van der Waals surface area contributed by atoms with Crippen molar-refractivity contribution < 1.29 is 14.3 Å². The van der Waals surface area contributed by atoms with E-state index in [9.17, 15) is 9.59 Å². The lowest BCUT2D eigenvalue weighted by molar-refractivity contribution is -0.163. The zero-order chi connectivity index (χ0) is 18.7. The highest BCUT2D eigenvalue weighted by Gasteiger charge is 2.44. The van der Waals surface area contributed by atoms with Crippen molar-refractivity contribution in [1.82, 2.24) is 5.32 Å². The average Bonchev–Trinajstić information content (AvgIpc) is 2.61. The molecular weight excluding hydrogens is 326 g/mol. The van der Waals surface area contributed by atoms with Crippen molar-refractivity contribution in [3.63, 3.8) is 0 Å². The first kappa shape index (κ1) is 18.2. The molecule has 2 aromatic rings. The summed E-state index contributed by atoms with van der Waals surface area (Å²) in [5, 5.41) is 3.01. The minimum Gasteiger partial charge on any atom is -0.460 e. The van der Waals surface area contributed by atoms with Gasteiger partial charge in [-0.15, -0.1) is 0 Å². The van der Waals surface area contributed by atoms with Gasteiger partial charge in [0, 0.05) is 12.3 Å². The van der Waals surface area contributed by atoms with Crippen molar-refractivity contribution in [1.29, 1.82) is 0 Å². The molecule has 0 spiro atoms. The largest absolute Gasteiger partial charge is 0.460 e. The summed E-state index contributed by atoms with van der Waals surface area (Å²) in [6.07, 6.45) is 0.275. The van der Waals surface area contributed by atoms with Crippen molar-refractivity contribution in [3.05, 3.63) is 71.8 Å². The minimum absolute atomic E-state index is 0.0486. The van der Waals surface area contributed by atoms with E-state index in [-0.39, 0.29) is 24.2 Å². The van der Waals surface area contributed by atoms with Crippen molar-refractivity contribution >= 4 is 11.9 Å². The molecule has 0 unspecified atom stereocenters. The molecule has 1 fully saturated rings. The normalized spacial score (nSPS) is 23.2. The molecule has 1 heterocycles. The van der Waals surface area contributed by atoms with E-state index >= 15 is 0 Å². The fourth-order valence-corrected chi connectivity index (χ4v) is 3.53. The number of hydrogen-bond acceptors (Lipinski definition) is 3. The van der Waals surface area contributed by atoms with Gasteiger partial charge >= 0.3 is 5.97 Å². The number of amides is 1. The number of rotatable bonds is 3. The molecule has 1 amide bonds. The first-order chi connectivity index (χ1) is 12.3. The summed E-state index contributed by atoms with van der Waals surface area (Å²) in [6.45, 7) is 5.59. The van der Waals surface area contributed by atoms with Crippen LogP contribution in [-0.4, -0.2) is 17.5 Å². The monoisotopic (exact) mass is 351 g/mol. The molecular formula is C22H25NO3. The molecule has 0 aromatic heterocycles. The van der Waals surface area contributed by atoms with E-state index in [1.807, 2.05) is 81.4 Å². The topological polar surface area (TPSA) is 55.4 Å². The first-order valence-corrected chi connectivity index (χ1v) is 8.97. The summed E-state index contributed by atoms with van der Waals surface area (Å²) in [6, 6.07) is 19.0. The molecule has 1 aliphatic heterocycles. The summed E-state index contributed by atoms with van der Waals surface area (Å²) >= 11 is 0. The van der Waals surface area contributed by atoms with E-state index < -0.39 is 17.6 Å². The Bertz CT molecular complexity index is 713. The Balaban J connectivity index is 2.03. The Hall–Kier alpha value is -2.62. The number of hydrogen-bond donors (Lipinski definition) is 1. The van der Waals surface area contributed by atoms with Gasteiger partial charge in [0.05, 0.1) is 12.0 Å². The molecule has 0 radical (unpaired) electrons. The summed E-state index contributed by atoms with van der Waals surface area (Å²) < 4.78 is 5.73. The van der Waals surface area contributed by atoms with Crippen molar-refractivity contribution in [2.75, 3.05) is 0 Å². The zero-order valence-electron chi connectivity index (χ0n) is 15.4. The van der Waals surface area contributed by atoms with Crippen LogP contribution in [0, 0.1) is 5.92 Å². The third kappa shape index (κ3) is 4.13. The van der Waals surface area contributed by atoms with Crippen molar-refractivity contribution in [2.45, 2.75) is 44.8 Å². The van der Waals surface area contributed by atoms with Crippen molar-refractivity contribution in [3.8, 4) is 0 Å². The Morgan fingerprint density at radius 1 is 0.962 bits per heavy atom. The predicted octanol–water partition coefficient (Wildman–Crippen LogP) is 3.99. The van der Waals surface area contributed by atoms with E-state index in [0.717, 1.165) is 11.1 Å². The van der Waals surface area contributed by atoms with Gasteiger partial charge in [-0.3, -0.25) is 9.59 Å². The number of piperidine rings is 1. The minimum atomic E-state index is -0.582. The lowest BCUT2D eigenvalue weighted by atomic mass is 9.74. The Morgan fingerprint density at radius 3 is 2.04 bits per heavy atom. The number of benzene rings is 2. The summed E-state index contributed by atoms with van der Waals surface area (Å²) in [5.74, 6) is -1.02. The number of carbonyl (C=O) groups is 2. The molecule has 3 rings (SSSR count). The van der Waals surface area contributed by atoms with E-state index in [0.29, 0.717) is 0 Å². The fourth-order valence-electron chi connectivity index (χ4n) is 3.53. The highest BCUT2D eigenvalue weighted by molar-refractivity contribution is 5.84. The van der Waals surface area contributed by atoms with Gasteiger partial charge in [-0.1, -0.05) is 60.7 Å². The summed E-state index contributed by atoms with van der Waals surface area (Å²) in [4.78, 5) is 25.5. The SMILES string of the molecule is CC(C)(C)OC(=O)[C@H]1[C@@H](c2ccccc2)CC(=O)N[C@H]1c1ccccc1. The van der Waals surface area contributed by atoms with E-state index in [1.54, 1.807) is 0 Å². The van der Waals surface area contributed by atoms with Crippen LogP contribution in [0.15, 0.2) is 60.7 Å². The van der Waals surface area contributed by atoms with Gasteiger partial charge in [0.1, 0.15) is 5.60 Å². The third-order valence-electron chi connectivity index (χ3n) is 4.58. The van der Waals surface area contributed by atoms with Gasteiger partial charge in [0.2, 0.25) is 5.91 Å². The molecule has 2 aromatic carbocycles. The van der Waals surface area contributed by atoms with Crippen LogP contribution in [0.4, 0.5) is 0 Å². The highest BCUT2D eigenvalue weighted by Crippen LogP contribution is 2.41. The van der Waals surface area contributed by atoms with Gasteiger partial charge in [-0.05, 0) is 31.9 Å². The van der Waals surface area contributed by atoms with Gasteiger partial charge in [0.15, 0.2) is 0 Å². The van der Waals surface area contributed by atoms with E-state index in [1.165, 1.54) is 0 Å². The van der Waals surface area contributed by atoms with Crippen LogP contribution in [0.2, 0.25) is 0 Å². The molecule has 0 aliphatic carbocycles. The van der Waals surface area contributed by atoms with Crippen LogP contribution in [0.1, 0.15) is 50.3 Å². The van der Waals surface area contributed by atoms with Gasteiger partial charge < -0.3 is 10.1 Å². The second-order valence-electron chi connectivity index (χ2n) is 7.74. The lowest BCUT2D eigenvalue weighted by Gasteiger charge is -2.38. The van der Waals surface area contributed by atoms with E-state index in [2.05, 4.69) is 5.32 Å². The summed E-state index contributed by atoms with van der Waals surface area (Å²) in [5.41, 5.74) is 1.32. The van der Waals surface area contributed by atoms with Crippen LogP contribution in [0.5, 0.6) is 0 Å². The molecule has 26 heavy (non-hydrogen) atoms. The lowest BCUT2D eigenvalue weighted by Crippen LogP contribution is -2.47. The standard InChI is InChI=1S/C22H25NO3/c1-22(2,3)26-21(25)19-17(15-10-6-4-7-11-15)14-18(24)23-20(19)16-12-8-5-9-13-16/h4-13,17,19-20H,14H2,1-3H3,(H,23,24)/t17-,19+,20+/m1/s1. The number of carbonyl (C=O) groups excluding carboxylic acids is 2. The quantitative estimate of drug-likeness (QED) is 0.851. The second-order valence-corrected chi connectivity index (χ2v) is 7.74. The maximum absolute atomic E-state index is 13.1. The Kier molecular flexibility index (Phi) is 5.12. The molecule has 4 heteroatoms. The molecule has 136 valence electrons. The predicted molar refractivity (Wildman–Crippen MR) is 100 cm³/mol. The molecule has 0 bridgehead atoms. The Morgan fingerprint density at radius 2 is 1.50 bits per heavy atom. The van der Waals surface area contributed by atoms with Crippen LogP contribution in [0.25, 0.3) is 0 Å². The summed E-state index contributed by atoms with van der Waals surface area (Å²) in [7, 11) is 0. The first-order valence-electron chi connectivity index (χ1n) is 8.97. The van der Waals surface area contributed by atoms with E-state index in [4.69, 9.17) is 4.74 Å². The highest BCUT2D eigenvalue weighted by atomic mass is 16.6. The maximum Gasteiger partial charge on any atom is 0.312 e. The molecule has 3 atom stereocenters. The van der Waals surface area contributed by atoms with Crippen LogP contribution in [0.3, 0.4) is 0 Å². The van der Waals surface area contributed by atoms with Crippen LogP contribution < -0.4 is 5.32 Å². The van der Waals surface area contributed by atoms with Crippen LogP contribution >= 0.6 is 0 Å². The van der Waals surface area contributed by atoms with Gasteiger partial charge in [0.25, 0.3) is 0 Å². The second kappa shape index (κ2) is 7.32. The Labute approximate surface area is 154 Å². The molecule has 0 saturated carbocycles. The zero-order valence-corrected chi connectivity index (χ0v) is 15.4. The van der Waals surface area contributed by atoms with Gasteiger partial charge in [-0.25, -0.2) is 0 Å². The molecule has 4 nitrogen and oxygen atoms in total. The molecule has 1 saturated heterocycles. The third-order valence-corrected chi connectivity index (χ3v) is 4.58. The number of esters is 1. The number of nitrogens with one attached hydrogen (secondary N) is 1. The smallest absolute Gasteiger partial charge is 0.312 e. The molecule has 1 N–H and O–H groups in total. The number of ether oxygens (including phenoxy) is 1. The maximum atomic E-state index is 13.1. The average molecular weight is 351 g/mol. The molecule has 1 aliphatic rings. The van der Waals surface area contributed by atoms with Gasteiger partial charge in [-0.2, -0.15) is 0 Å².